The van der Waals surface area contributed by atoms with Gasteiger partial charge in [-0.05, 0) is 24.3 Å². The maximum Gasteiger partial charge on any atom is 0.337 e. The molecule has 1 N–H and O–H groups in total. The number of benzene rings is 1. The first-order valence-corrected chi connectivity index (χ1v) is 5.71. The number of nitro groups is 1. The second-order valence-corrected chi connectivity index (χ2v) is 3.89. The second kappa shape index (κ2) is 5.87. The molecule has 0 aliphatic rings. The molecule has 108 valence electrons. The Morgan fingerprint density at radius 3 is 2.43 bits per heavy atom. The summed E-state index contributed by atoms with van der Waals surface area (Å²) in [6.45, 7) is 0. The van der Waals surface area contributed by atoms with E-state index in [0.717, 1.165) is 12.3 Å². The Morgan fingerprint density at radius 1 is 1.29 bits per heavy atom. The van der Waals surface area contributed by atoms with Gasteiger partial charge in [0.2, 0.25) is 0 Å². The summed E-state index contributed by atoms with van der Waals surface area (Å²) < 4.78 is 10.3. The highest BCUT2D eigenvalue weighted by atomic mass is 16.6. The zero-order valence-corrected chi connectivity index (χ0v) is 10.8. The Bertz CT molecular complexity index is 684. The van der Waals surface area contributed by atoms with E-state index in [4.69, 9.17) is 14.6 Å². The molecule has 0 radical (unpaired) electrons. The number of aromatic nitrogens is 1. The van der Waals surface area contributed by atoms with Crippen LogP contribution in [-0.2, 0) is 0 Å². The van der Waals surface area contributed by atoms with Crippen molar-refractivity contribution in [3.8, 4) is 17.4 Å². The van der Waals surface area contributed by atoms with Gasteiger partial charge in [0.15, 0.2) is 0 Å². The average Bonchev–Trinajstić information content (AvgIpc) is 2.48. The fourth-order valence-electron chi connectivity index (χ4n) is 1.52. The van der Waals surface area contributed by atoms with E-state index in [1.807, 2.05) is 0 Å². The fraction of sp³-hybridized carbons (Fsp3) is 0.0769. The summed E-state index contributed by atoms with van der Waals surface area (Å²) in [6, 6.07) is 7.23. The molecule has 2 aromatic rings. The van der Waals surface area contributed by atoms with Crippen molar-refractivity contribution >= 4 is 11.7 Å². The maximum atomic E-state index is 11.0. The number of nitrogens with zero attached hydrogens (tertiary/aromatic N) is 2. The van der Waals surface area contributed by atoms with Crippen LogP contribution in [0.2, 0.25) is 0 Å². The van der Waals surface area contributed by atoms with E-state index >= 15 is 0 Å². The van der Waals surface area contributed by atoms with Crippen LogP contribution in [0.1, 0.15) is 10.4 Å². The quantitative estimate of drug-likeness (QED) is 0.664. The first-order chi connectivity index (χ1) is 10.0. The van der Waals surface area contributed by atoms with E-state index < -0.39 is 16.6 Å². The molecule has 0 atom stereocenters. The number of pyridine rings is 1. The third kappa shape index (κ3) is 3.24. The topological polar surface area (TPSA) is 112 Å². The molecule has 1 aromatic carbocycles. The Balaban J connectivity index is 2.34. The Kier molecular flexibility index (Phi) is 3.98. The van der Waals surface area contributed by atoms with E-state index in [0.29, 0.717) is 11.5 Å². The summed E-state index contributed by atoms with van der Waals surface area (Å²) in [5.41, 5.74) is -0.811. The summed E-state index contributed by atoms with van der Waals surface area (Å²) in [5.74, 6) is -0.669. The van der Waals surface area contributed by atoms with Gasteiger partial charge in [0.05, 0.1) is 17.6 Å². The zero-order chi connectivity index (χ0) is 15.4. The van der Waals surface area contributed by atoms with E-state index in [1.165, 1.54) is 7.11 Å². The van der Waals surface area contributed by atoms with E-state index in [-0.39, 0.29) is 11.4 Å². The van der Waals surface area contributed by atoms with Crippen molar-refractivity contribution in [1.29, 1.82) is 0 Å². The third-order valence-electron chi connectivity index (χ3n) is 2.55. The number of carboxylic acid groups (broad SMARTS) is 1. The summed E-state index contributed by atoms with van der Waals surface area (Å²) in [5, 5.41) is 19.8. The van der Waals surface area contributed by atoms with Gasteiger partial charge in [0.1, 0.15) is 11.5 Å². The normalized spacial score (nSPS) is 9.95. The van der Waals surface area contributed by atoms with Crippen molar-refractivity contribution in [2.45, 2.75) is 0 Å². The van der Waals surface area contributed by atoms with Crippen molar-refractivity contribution in [1.82, 2.24) is 4.98 Å². The molecule has 1 heterocycles. The van der Waals surface area contributed by atoms with E-state index in [2.05, 4.69) is 4.98 Å². The Morgan fingerprint density at radius 2 is 1.90 bits per heavy atom. The van der Waals surface area contributed by atoms with Gasteiger partial charge in [0.25, 0.3) is 5.88 Å². The molecule has 0 aliphatic carbocycles. The predicted molar refractivity (Wildman–Crippen MR) is 70.9 cm³/mol. The van der Waals surface area contributed by atoms with Crippen LogP contribution in [0.15, 0.2) is 36.5 Å². The molecule has 1 aromatic heterocycles. The minimum atomic E-state index is -1.30. The molecule has 0 unspecified atom stereocenters. The number of carboxylic acids is 1. The number of aromatic carboxylic acids is 1. The van der Waals surface area contributed by atoms with Gasteiger partial charge >= 0.3 is 11.7 Å². The number of rotatable bonds is 5. The lowest BCUT2D eigenvalue weighted by Crippen LogP contribution is -2.02. The minimum absolute atomic E-state index is 0.282. The molecule has 0 bridgehead atoms. The number of hydrogen-bond acceptors (Lipinski definition) is 6. The summed E-state index contributed by atoms with van der Waals surface area (Å²) >= 11 is 0. The fourth-order valence-corrected chi connectivity index (χ4v) is 1.52. The van der Waals surface area contributed by atoms with Crippen molar-refractivity contribution in [2.75, 3.05) is 7.11 Å². The number of methoxy groups -OCH3 is 1. The van der Waals surface area contributed by atoms with Crippen molar-refractivity contribution in [2.24, 2.45) is 0 Å². The molecule has 0 fully saturated rings. The van der Waals surface area contributed by atoms with Gasteiger partial charge in [-0.15, -0.1) is 0 Å². The monoisotopic (exact) mass is 290 g/mol. The van der Waals surface area contributed by atoms with Gasteiger partial charge in [-0.3, -0.25) is 10.1 Å². The lowest BCUT2D eigenvalue weighted by atomic mass is 10.2. The smallest absolute Gasteiger partial charge is 0.337 e. The van der Waals surface area contributed by atoms with Crippen LogP contribution in [0, 0.1) is 10.1 Å². The first-order valence-electron chi connectivity index (χ1n) is 5.71. The van der Waals surface area contributed by atoms with Crippen molar-refractivity contribution in [3.63, 3.8) is 0 Å². The Labute approximate surface area is 118 Å². The third-order valence-corrected chi connectivity index (χ3v) is 2.55. The van der Waals surface area contributed by atoms with Crippen LogP contribution >= 0.6 is 0 Å². The van der Waals surface area contributed by atoms with E-state index in [9.17, 15) is 14.9 Å². The van der Waals surface area contributed by atoms with Crippen LogP contribution in [0.3, 0.4) is 0 Å². The standard InChI is InChI=1S/C13H10N2O6/c1-20-9-2-4-10(5-3-9)21-12-11(15(18)19)6-8(7-14-12)13(16)17/h2-7H,1H3,(H,16,17). The Hall–Kier alpha value is -3.16. The largest absolute Gasteiger partial charge is 0.497 e. The van der Waals surface area contributed by atoms with Gasteiger partial charge < -0.3 is 14.6 Å². The lowest BCUT2D eigenvalue weighted by molar-refractivity contribution is -0.386. The molecule has 0 amide bonds. The van der Waals surface area contributed by atoms with Gasteiger partial charge in [0, 0.05) is 12.3 Å². The molecule has 8 nitrogen and oxygen atoms in total. The molecule has 0 aliphatic heterocycles. The average molecular weight is 290 g/mol. The molecule has 2 rings (SSSR count). The number of carbonyl (C=O) groups is 1. The summed E-state index contributed by atoms with van der Waals surface area (Å²) in [4.78, 5) is 24.7. The van der Waals surface area contributed by atoms with Crippen LogP contribution < -0.4 is 9.47 Å². The van der Waals surface area contributed by atoms with Crippen LogP contribution in [-0.4, -0.2) is 28.1 Å². The van der Waals surface area contributed by atoms with Gasteiger partial charge in [-0.1, -0.05) is 0 Å². The molecule has 8 heteroatoms. The molecule has 21 heavy (non-hydrogen) atoms. The van der Waals surface area contributed by atoms with Crippen molar-refractivity contribution < 1.29 is 24.3 Å². The van der Waals surface area contributed by atoms with Crippen molar-refractivity contribution in [3.05, 3.63) is 52.2 Å². The van der Waals surface area contributed by atoms with E-state index in [1.54, 1.807) is 24.3 Å². The van der Waals surface area contributed by atoms with Gasteiger partial charge in [-0.2, -0.15) is 0 Å². The second-order valence-electron chi connectivity index (χ2n) is 3.89. The molecule has 0 spiro atoms. The highest BCUT2D eigenvalue weighted by molar-refractivity contribution is 5.88. The first kappa shape index (κ1) is 14.3. The highest BCUT2D eigenvalue weighted by Gasteiger charge is 2.20. The summed E-state index contributed by atoms with van der Waals surface area (Å²) in [6.07, 6.45) is 0.994. The zero-order valence-electron chi connectivity index (χ0n) is 10.8. The number of ether oxygens (including phenoxy) is 2. The van der Waals surface area contributed by atoms with Gasteiger partial charge in [-0.25, -0.2) is 9.78 Å². The summed E-state index contributed by atoms with van der Waals surface area (Å²) in [7, 11) is 1.51. The SMILES string of the molecule is COc1ccc(Oc2ncc(C(=O)O)cc2[N+](=O)[O-])cc1. The molecular formula is C13H10N2O6. The van der Waals surface area contributed by atoms with Crippen LogP contribution in [0.5, 0.6) is 17.4 Å². The molecule has 0 saturated heterocycles. The highest BCUT2D eigenvalue weighted by Crippen LogP contribution is 2.30. The number of hydrogen-bond donors (Lipinski definition) is 1. The predicted octanol–water partition coefficient (Wildman–Crippen LogP) is 2.49. The van der Waals surface area contributed by atoms with Crippen LogP contribution in [0.25, 0.3) is 0 Å². The minimum Gasteiger partial charge on any atom is -0.497 e. The maximum absolute atomic E-state index is 11.0. The molecular weight excluding hydrogens is 280 g/mol. The van der Waals surface area contributed by atoms with Crippen LogP contribution in [0.4, 0.5) is 5.69 Å². The lowest BCUT2D eigenvalue weighted by Gasteiger charge is -2.06. The molecule has 0 saturated carbocycles.